The summed E-state index contributed by atoms with van der Waals surface area (Å²) in [7, 11) is 0. The lowest BCUT2D eigenvalue weighted by Gasteiger charge is -2.24. The highest BCUT2D eigenvalue weighted by Crippen LogP contribution is 2.38. The molecule has 1 aliphatic rings. The summed E-state index contributed by atoms with van der Waals surface area (Å²) in [5.41, 5.74) is 0. The Balaban J connectivity index is 2.35. The average molecular weight is 244 g/mol. The van der Waals surface area contributed by atoms with E-state index in [1.807, 2.05) is 6.92 Å². The van der Waals surface area contributed by atoms with E-state index in [1.165, 1.54) is 19.3 Å². The molecule has 0 heterocycles. The fourth-order valence-electron chi connectivity index (χ4n) is 3.00. The first kappa shape index (κ1) is 14.9. The number of unbranched alkanes of at least 4 members (excludes halogenated alkanes) is 2. The lowest BCUT2D eigenvalue weighted by molar-refractivity contribution is -0.110. The maximum atomic E-state index is 9.98. The van der Waals surface area contributed by atoms with Crippen molar-refractivity contribution >= 4 is 0 Å². The topological polar surface area (TPSA) is 49.7 Å². The molecule has 2 N–H and O–H groups in total. The number of aliphatic hydroxyl groups excluding tert-OH is 2. The fourth-order valence-corrected chi connectivity index (χ4v) is 3.00. The van der Waals surface area contributed by atoms with Crippen molar-refractivity contribution in [3.8, 4) is 0 Å². The summed E-state index contributed by atoms with van der Waals surface area (Å²) in [6.07, 6.45) is 6.54. The standard InChI is InChI=1S/C14H28O3/c1-3-5-6-7-12-11(8-9-13(12)15)10-14(16)17-4-2/h11-16H,3-10H2,1-2H3. The molecule has 4 unspecified atom stereocenters. The molecule has 0 spiro atoms. The van der Waals surface area contributed by atoms with Crippen LogP contribution in [0.15, 0.2) is 0 Å². The van der Waals surface area contributed by atoms with Gasteiger partial charge in [0, 0.05) is 13.0 Å². The molecule has 1 saturated carbocycles. The summed E-state index contributed by atoms with van der Waals surface area (Å²) in [5, 5.41) is 19.7. The number of hydrogen-bond donors (Lipinski definition) is 2. The second kappa shape index (κ2) is 8.06. The highest BCUT2D eigenvalue weighted by Gasteiger charge is 2.35. The molecule has 0 radical (unpaired) electrons. The minimum atomic E-state index is -0.649. The lowest BCUT2D eigenvalue weighted by atomic mass is 9.87. The molecule has 1 rings (SSSR count). The van der Waals surface area contributed by atoms with Crippen LogP contribution in [0, 0.1) is 11.8 Å². The van der Waals surface area contributed by atoms with Crippen molar-refractivity contribution < 1.29 is 14.9 Å². The van der Waals surface area contributed by atoms with Crippen LogP contribution < -0.4 is 0 Å². The van der Waals surface area contributed by atoms with Crippen LogP contribution in [0.4, 0.5) is 0 Å². The van der Waals surface area contributed by atoms with Crippen LogP contribution in [0.5, 0.6) is 0 Å². The van der Waals surface area contributed by atoms with Crippen LogP contribution in [0.3, 0.4) is 0 Å². The predicted molar refractivity (Wildman–Crippen MR) is 68.6 cm³/mol. The van der Waals surface area contributed by atoms with Gasteiger partial charge in [0.15, 0.2) is 6.29 Å². The summed E-state index contributed by atoms with van der Waals surface area (Å²) in [6, 6.07) is 0. The van der Waals surface area contributed by atoms with E-state index in [0.29, 0.717) is 24.9 Å². The van der Waals surface area contributed by atoms with Gasteiger partial charge in [0.05, 0.1) is 6.10 Å². The number of ether oxygens (including phenoxy) is 1. The Hall–Kier alpha value is -0.120. The summed E-state index contributed by atoms with van der Waals surface area (Å²) >= 11 is 0. The Labute approximate surface area is 105 Å². The van der Waals surface area contributed by atoms with Crippen LogP contribution in [-0.4, -0.2) is 29.2 Å². The summed E-state index contributed by atoms with van der Waals surface area (Å²) in [6.45, 7) is 4.64. The van der Waals surface area contributed by atoms with Gasteiger partial charge in [-0.3, -0.25) is 0 Å². The third-order valence-corrected chi connectivity index (χ3v) is 3.94. The monoisotopic (exact) mass is 244 g/mol. The molecule has 1 fully saturated rings. The molecule has 0 aromatic heterocycles. The van der Waals surface area contributed by atoms with Gasteiger partial charge in [-0.2, -0.15) is 0 Å². The van der Waals surface area contributed by atoms with Crippen molar-refractivity contribution in [3.05, 3.63) is 0 Å². The third kappa shape index (κ3) is 4.94. The fraction of sp³-hybridized carbons (Fsp3) is 1.00. The van der Waals surface area contributed by atoms with Gasteiger partial charge in [0.1, 0.15) is 0 Å². The average Bonchev–Trinajstić information content (AvgIpc) is 2.62. The quantitative estimate of drug-likeness (QED) is 0.510. The highest BCUT2D eigenvalue weighted by atomic mass is 16.6. The van der Waals surface area contributed by atoms with Crippen molar-refractivity contribution in [1.82, 2.24) is 0 Å². The maximum absolute atomic E-state index is 9.98. The Bertz CT molecular complexity index is 196. The molecule has 1 aliphatic carbocycles. The van der Waals surface area contributed by atoms with E-state index in [-0.39, 0.29) is 6.10 Å². The van der Waals surface area contributed by atoms with Gasteiger partial charge in [-0.1, -0.05) is 26.2 Å². The Morgan fingerprint density at radius 1 is 1.24 bits per heavy atom. The van der Waals surface area contributed by atoms with E-state index >= 15 is 0 Å². The van der Waals surface area contributed by atoms with Gasteiger partial charge in [-0.15, -0.1) is 0 Å². The smallest absolute Gasteiger partial charge is 0.154 e. The van der Waals surface area contributed by atoms with Gasteiger partial charge in [0.2, 0.25) is 0 Å². The van der Waals surface area contributed by atoms with Crippen LogP contribution in [0.1, 0.15) is 58.8 Å². The van der Waals surface area contributed by atoms with Crippen LogP contribution in [0.25, 0.3) is 0 Å². The molecule has 0 bridgehead atoms. The van der Waals surface area contributed by atoms with Crippen LogP contribution >= 0.6 is 0 Å². The molecule has 3 heteroatoms. The van der Waals surface area contributed by atoms with Crippen molar-refractivity contribution in [1.29, 1.82) is 0 Å². The summed E-state index contributed by atoms with van der Waals surface area (Å²) in [4.78, 5) is 0. The second-order valence-corrected chi connectivity index (χ2v) is 5.21. The second-order valence-electron chi connectivity index (χ2n) is 5.21. The molecule has 3 nitrogen and oxygen atoms in total. The van der Waals surface area contributed by atoms with Gasteiger partial charge >= 0.3 is 0 Å². The molecule has 102 valence electrons. The third-order valence-electron chi connectivity index (χ3n) is 3.94. The molecular weight excluding hydrogens is 216 g/mol. The van der Waals surface area contributed by atoms with Crippen LogP contribution in [-0.2, 0) is 4.74 Å². The minimum Gasteiger partial charge on any atom is -0.393 e. The van der Waals surface area contributed by atoms with Crippen molar-refractivity contribution in [2.45, 2.75) is 71.2 Å². The normalized spacial score (nSPS) is 30.7. The lowest BCUT2D eigenvalue weighted by Crippen LogP contribution is -2.24. The summed E-state index contributed by atoms with van der Waals surface area (Å²) in [5.74, 6) is 0.806. The first-order chi connectivity index (χ1) is 8.19. The van der Waals surface area contributed by atoms with E-state index in [2.05, 4.69) is 6.92 Å². The number of aliphatic hydroxyl groups is 2. The summed E-state index contributed by atoms with van der Waals surface area (Å²) < 4.78 is 5.19. The Morgan fingerprint density at radius 3 is 2.65 bits per heavy atom. The molecule has 4 atom stereocenters. The van der Waals surface area contributed by atoms with Gasteiger partial charge < -0.3 is 14.9 Å². The first-order valence-corrected chi connectivity index (χ1v) is 7.16. The number of rotatable bonds is 8. The van der Waals surface area contributed by atoms with E-state index in [9.17, 15) is 10.2 Å². The van der Waals surface area contributed by atoms with E-state index in [4.69, 9.17) is 4.74 Å². The zero-order valence-corrected chi connectivity index (χ0v) is 11.3. The zero-order chi connectivity index (χ0) is 12.7. The van der Waals surface area contributed by atoms with Crippen LogP contribution in [0.2, 0.25) is 0 Å². The molecule has 17 heavy (non-hydrogen) atoms. The van der Waals surface area contributed by atoms with E-state index in [0.717, 1.165) is 19.3 Å². The first-order valence-electron chi connectivity index (χ1n) is 7.16. The molecule has 0 saturated heterocycles. The van der Waals surface area contributed by atoms with Gasteiger partial charge in [-0.05, 0) is 38.0 Å². The molecule has 0 amide bonds. The van der Waals surface area contributed by atoms with Crippen molar-refractivity contribution in [2.75, 3.05) is 6.61 Å². The highest BCUT2D eigenvalue weighted by molar-refractivity contribution is 4.85. The SMILES string of the molecule is CCCCCC1C(O)CCC1CC(O)OCC. The Morgan fingerprint density at radius 2 is 2.00 bits per heavy atom. The van der Waals surface area contributed by atoms with E-state index in [1.54, 1.807) is 0 Å². The largest absolute Gasteiger partial charge is 0.393 e. The predicted octanol–water partition coefficient (Wildman–Crippen LogP) is 2.70. The van der Waals surface area contributed by atoms with Crippen molar-refractivity contribution in [3.63, 3.8) is 0 Å². The molecular formula is C14H28O3. The molecule has 0 aromatic rings. The molecule has 0 aliphatic heterocycles. The zero-order valence-electron chi connectivity index (χ0n) is 11.3. The maximum Gasteiger partial charge on any atom is 0.154 e. The van der Waals surface area contributed by atoms with Crippen molar-refractivity contribution in [2.24, 2.45) is 11.8 Å². The Kier molecular flexibility index (Phi) is 7.09. The minimum absolute atomic E-state index is 0.161. The number of hydrogen-bond acceptors (Lipinski definition) is 3. The molecule has 0 aromatic carbocycles. The van der Waals surface area contributed by atoms with Gasteiger partial charge in [-0.25, -0.2) is 0 Å². The van der Waals surface area contributed by atoms with Gasteiger partial charge in [0.25, 0.3) is 0 Å². The van der Waals surface area contributed by atoms with E-state index < -0.39 is 6.29 Å².